The van der Waals surface area contributed by atoms with Gasteiger partial charge < -0.3 is 9.64 Å². The molecule has 1 saturated heterocycles. The maximum atomic E-state index is 6.11. The van der Waals surface area contributed by atoms with Crippen molar-refractivity contribution in [3.8, 4) is 0 Å². The fourth-order valence-electron chi connectivity index (χ4n) is 4.70. The molecule has 5 rings (SSSR count). The fourth-order valence-corrected chi connectivity index (χ4v) is 7.56. The zero-order valence-corrected chi connectivity index (χ0v) is 21.0. The summed E-state index contributed by atoms with van der Waals surface area (Å²) < 4.78 is 7.29. The minimum Gasteiger partial charge on any atom is -0.375 e. The summed E-state index contributed by atoms with van der Waals surface area (Å²) in [6, 6.07) is 0. The van der Waals surface area contributed by atoms with Crippen LogP contribution in [-0.4, -0.2) is 42.5 Å². The van der Waals surface area contributed by atoms with E-state index in [1.807, 2.05) is 11.8 Å². The number of ether oxygens (including phenoxy) is 1. The first kappa shape index (κ1) is 22.8. The van der Waals surface area contributed by atoms with Crippen molar-refractivity contribution in [3.05, 3.63) is 79.0 Å². The highest BCUT2D eigenvalue weighted by Crippen LogP contribution is 2.57. The van der Waals surface area contributed by atoms with Gasteiger partial charge in [0.25, 0.3) is 0 Å². The van der Waals surface area contributed by atoms with Crippen LogP contribution in [0.2, 0.25) is 0 Å². The number of rotatable bonds is 5. The first-order chi connectivity index (χ1) is 14.3. The number of hydrogen-bond acceptors (Lipinski definition) is 4. The Bertz CT molecular complexity index is 908. The highest BCUT2D eigenvalue weighted by atomic mass is 79.9. The van der Waals surface area contributed by atoms with Gasteiger partial charge in [-0.3, -0.25) is 0 Å². The van der Waals surface area contributed by atoms with E-state index in [-0.39, 0.29) is 17.2 Å². The third-order valence-corrected chi connectivity index (χ3v) is 9.37. The van der Waals surface area contributed by atoms with E-state index < -0.39 is 0 Å². The fraction of sp³-hybridized carbons (Fsp3) is 0.417. The minimum atomic E-state index is -0.0173. The van der Waals surface area contributed by atoms with Gasteiger partial charge in [0.1, 0.15) is 0 Å². The van der Waals surface area contributed by atoms with Gasteiger partial charge in [-0.05, 0) is 81.9 Å². The van der Waals surface area contributed by atoms with Crippen LogP contribution in [0.3, 0.4) is 0 Å². The summed E-state index contributed by atoms with van der Waals surface area (Å²) in [5.74, 6) is 0. The van der Waals surface area contributed by atoms with Crippen LogP contribution in [0.25, 0.3) is 0 Å². The Morgan fingerprint density at radius 2 is 1.93 bits per heavy atom. The Kier molecular flexibility index (Phi) is 7.59. The Hall–Kier alpha value is -0.430. The SMILES string of the molecule is BrC1=CSC=C2C=CC3=CC=C(COCCN4CCCCC4)SC34CC=CC4=C12.Cl. The van der Waals surface area contributed by atoms with Crippen molar-refractivity contribution in [2.75, 3.05) is 32.8 Å². The van der Waals surface area contributed by atoms with Crippen LogP contribution in [-0.2, 0) is 4.74 Å². The molecule has 2 aliphatic carbocycles. The van der Waals surface area contributed by atoms with Gasteiger partial charge in [-0.25, -0.2) is 0 Å². The van der Waals surface area contributed by atoms with Crippen LogP contribution < -0.4 is 0 Å². The molecule has 0 aromatic heterocycles. The molecule has 0 N–H and O–H groups in total. The van der Waals surface area contributed by atoms with Gasteiger partial charge >= 0.3 is 0 Å². The normalized spacial score (nSPS) is 27.8. The molecule has 6 heteroatoms. The Labute approximate surface area is 202 Å². The topological polar surface area (TPSA) is 12.5 Å². The Morgan fingerprint density at radius 1 is 1.07 bits per heavy atom. The smallest absolute Gasteiger partial charge is 0.0776 e. The van der Waals surface area contributed by atoms with Gasteiger partial charge in [0.2, 0.25) is 0 Å². The predicted molar refractivity (Wildman–Crippen MR) is 137 cm³/mol. The van der Waals surface area contributed by atoms with Crippen LogP contribution in [0.1, 0.15) is 25.7 Å². The second-order valence-corrected chi connectivity index (χ2v) is 11.1. The summed E-state index contributed by atoms with van der Waals surface area (Å²) in [5, 5.41) is 4.45. The second kappa shape index (κ2) is 10.0. The van der Waals surface area contributed by atoms with Crippen LogP contribution in [0, 0.1) is 0 Å². The lowest BCUT2D eigenvalue weighted by Crippen LogP contribution is -2.33. The molecular formula is C24H27BrClNOS2. The van der Waals surface area contributed by atoms with Crippen molar-refractivity contribution in [1.29, 1.82) is 0 Å². The Morgan fingerprint density at radius 3 is 2.80 bits per heavy atom. The van der Waals surface area contributed by atoms with Gasteiger partial charge in [-0.15, -0.1) is 35.9 Å². The summed E-state index contributed by atoms with van der Waals surface area (Å²) in [5.41, 5.74) is 5.47. The average Bonchev–Trinajstić information content (AvgIpc) is 3.08. The van der Waals surface area contributed by atoms with Crippen molar-refractivity contribution in [1.82, 2.24) is 4.90 Å². The molecule has 3 aliphatic heterocycles. The van der Waals surface area contributed by atoms with Crippen molar-refractivity contribution in [2.24, 2.45) is 0 Å². The number of piperidine rings is 1. The lowest BCUT2D eigenvalue weighted by Gasteiger charge is -2.36. The van der Waals surface area contributed by atoms with Crippen LogP contribution in [0.5, 0.6) is 0 Å². The zero-order chi connectivity index (χ0) is 19.7. The molecule has 0 radical (unpaired) electrons. The van der Waals surface area contributed by atoms with E-state index in [9.17, 15) is 0 Å². The van der Waals surface area contributed by atoms with Crippen molar-refractivity contribution >= 4 is 51.9 Å². The highest BCUT2D eigenvalue weighted by molar-refractivity contribution is 9.12. The van der Waals surface area contributed by atoms with E-state index in [0.29, 0.717) is 6.61 Å². The first-order valence-electron chi connectivity index (χ1n) is 10.5. The summed E-state index contributed by atoms with van der Waals surface area (Å²) >= 11 is 7.56. The van der Waals surface area contributed by atoms with E-state index in [4.69, 9.17) is 4.74 Å². The van der Waals surface area contributed by atoms with E-state index >= 15 is 0 Å². The highest BCUT2D eigenvalue weighted by Gasteiger charge is 2.44. The molecule has 0 bridgehead atoms. The van der Waals surface area contributed by atoms with Crippen LogP contribution >= 0.6 is 51.9 Å². The number of allylic oxidation sites excluding steroid dienone is 9. The van der Waals surface area contributed by atoms with E-state index in [1.165, 1.54) is 64.0 Å². The van der Waals surface area contributed by atoms with Crippen LogP contribution in [0.4, 0.5) is 0 Å². The largest absolute Gasteiger partial charge is 0.375 e. The van der Waals surface area contributed by atoms with Gasteiger partial charge in [-0.2, -0.15) is 0 Å². The molecular weight excluding hydrogens is 498 g/mol. The monoisotopic (exact) mass is 523 g/mol. The molecule has 1 atom stereocenters. The molecule has 30 heavy (non-hydrogen) atoms. The van der Waals surface area contributed by atoms with Gasteiger partial charge in [0.15, 0.2) is 0 Å². The van der Waals surface area contributed by atoms with Gasteiger partial charge in [-0.1, -0.05) is 36.8 Å². The second-order valence-electron chi connectivity index (χ2n) is 8.04. The maximum Gasteiger partial charge on any atom is 0.0776 e. The van der Waals surface area contributed by atoms with E-state index in [0.717, 1.165) is 19.6 Å². The molecule has 0 amide bonds. The van der Waals surface area contributed by atoms with E-state index in [1.54, 1.807) is 11.8 Å². The standard InChI is InChI=1S/C24H26BrNOS2.ClH/c25-22-17-28-16-18-6-7-19-8-9-20(15-27-14-13-26-11-2-1-3-12-26)29-24(19)10-4-5-21(24)23(18)22;/h4-9,16-17H,1-3,10-15H2;1H. The quantitative estimate of drug-likeness (QED) is 0.362. The van der Waals surface area contributed by atoms with Crippen molar-refractivity contribution in [2.45, 2.75) is 30.4 Å². The minimum absolute atomic E-state index is 0. The molecule has 160 valence electrons. The molecule has 0 saturated carbocycles. The van der Waals surface area contributed by atoms with Crippen molar-refractivity contribution in [3.63, 3.8) is 0 Å². The lowest BCUT2D eigenvalue weighted by atomic mass is 9.88. The molecule has 1 unspecified atom stereocenters. The lowest BCUT2D eigenvalue weighted by molar-refractivity contribution is 0.113. The number of fused-ring (bicyclic) bond motifs is 1. The van der Waals surface area contributed by atoms with Crippen molar-refractivity contribution < 1.29 is 4.74 Å². The third-order valence-electron chi connectivity index (χ3n) is 6.20. The number of thioether (sulfide) groups is 2. The maximum absolute atomic E-state index is 6.11. The molecule has 0 aromatic rings. The molecule has 5 aliphatic rings. The number of hydrogen-bond donors (Lipinski definition) is 0. The third kappa shape index (κ3) is 4.39. The Balaban J connectivity index is 0.00000218. The average molecular weight is 525 g/mol. The molecule has 1 spiro atoms. The zero-order valence-electron chi connectivity index (χ0n) is 16.9. The number of nitrogens with zero attached hydrogens (tertiary/aromatic N) is 1. The van der Waals surface area contributed by atoms with E-state index in [2.05, 4.69) is 68.1 Å². The van der Waals surface area contributed by atoms with Gasteiger partial charge in [0.05, 0.1) is 18.0 Å². The summed E-state index contributed by atoms with van der Waals surface area (Å²) in [6.07, 6.45) is 18.9. The van der Waals surface area contributed by atoms with Crippen LogP contribution in [0.15, 0.2) is 79.0 Å². The molecule has 3 heterocycles. The summed E-state index contributed by atoms with van der Waals surface area (Å²) in [4.78, 5) is 3.88. The predicted octanol–water partition coefficient (Wildman–Crippen LogP) is 6.90. The number of likely N-dealkylation sites (tertiary alicyclic amines) is 1. The number of halogens is 2. The first-order valence-corrected chi connectivity index (χ1v) is 13.0. The van der Waals surface area contributed by atoms with Gasteiger partial charge in [0, 0.05) is 21.5 Å². The summed E-state index contributed by atoms with van der Waals surface area (Å²) in [7, 11) is 0. The summed E-state index contributed by atoms with van der Waals surface area (Å²) in [6.45, 7) is 5.08. The molecule has 0 aromatic carbocycles. The molecule has 1 fully saturated rings. The molecule has 2 nitrogen and oxygen atoms in total.